The van der Waals surface area contributed by atoms with E-state index in [2.05, 4.69) is 0 Å². The van der Waals surface area contributed by atoms with Crippen LogP contribution in [0.15, 0.2) is 18.2 Å². The second kappa shape index (κ2) is 4.71. The minimum Gasteiger partial charge on any atom is -0.507 e. The van der Waals surface area contributed by atoms with Gasteiger partial charge in [-0.05, 0) is 25.0 Å². The van der Waals surface area contributed by atoms with Gasteiger partial charge in [-0.15, -0.1) is 0 Å². The summed E-state index contributed by atoms with van der Waals surface area (Å²) in [6.07, 6.45) is 0.761. The number of benzene rings is 1. The summed E-state index contributed by atoms with van der Waals surface area (Å²) in [5.41, 5.74) is -0.318. The molecule has 1 heterocycles. The molecule has 1 fully saturated rings. The van der Waals surface area contributed by atoms with E-state index in [0.717, 1.165) is 6.07 Å². The van der Waals surface area contributed by atoms with Gasteiger partial charge in [-0.1, -0.05) is 6.07 Å². The summed E-state index contributed by atoms with van der Waals surface area (Å²) in [4.78, 5) is 13.4. The first-order valence-electron chi connectivity index (χ1n) is 5.54. The molecule has 2 N–H and O–H groups in total. The van der Waals surface area contributed by atoms with Crippen molar-refractivity contribution in [2.75, 3.05) is 13.1 Å². The maximum atomic E-state index is 13.5. The van der Waals surface area contributed by atoms with E-state index in [9.17, 15) is 19.4 Å². The van der Waals surface area contributed by atoms with E-state index in [4.69, 9.17) is 0 Å². The molecule has 0 aromatic heterocycles. The van der Waals surface area contributed by atoms with Crippen molar-refractivity contribution in [2.45, 2.75) is 18.9 Å². The number of aliphatic hydroxyl groups is 1. The number of β-amino-alcohol motifs (C(OH)–C–C–N with tert-alkyl or cyclic N) is 1. The van der Waals surface area contributed by atoms with Crippen LogP contribution in [0.3, 0.4) is 0 Å². The van der Waals surface area contributed by atoms with E-state index >= 15 is 0 Å². The van der Waals surface area contributed by atoms with Crippen LogP contribution in [0.25, 0.3) is 0 Å². The average molecular weight is 239 g/mol. The Kier molecular flexibility index (Phi) is 3.28. The Balaban J connectivity index is 2.24. The molecule has 92 valence electrons. The van der Waals surface area contributed by atoms with Gasteiger partial charge in [0.15, 0.2) is 0 Å². The van der Waals surface area contributed by atoms with Crippen LogP contribution in [-0.2, 0) is 0 Å². The highest BCUT2D eigenvalue weighted by atomic mass is 19.1. The third-order valence-corrected chi connectivity index (χ3v) is 2.89. The molecule has 0 saturated carbocycles. The van der Waals surface area contributed by atoms with E-state index in [1.807, 2.05) is 0 Å². The lowest BCUT2D eigenvalue weighted by atomic mass is 10.1. The van der Waals surface area contributed by atoms with E-state index in [1.165, 1.54) is 17.0 Å². The number of likely N-dealkylation sites (tertiary alicyclic amines) is 1. The highest BCUT2D eigenvalue weighted by Crippen LogP contribution is 2.23. The van der Waals surface area contributed by atoms with Crippen LogP contribution in [0, 0.1) is 5.82 Å². The van der Waals surface area contributed by atoms with Gasteiger partial charge in [-0.2, -0.15) is 0 Å². The summed E-state index contributed by atoms with van der Waals surface area (Å²) in [5, 5.41) is 19.0. The Bertz CT molecular complexity index is 416. The Labute approximate surface area is 98.3 Å². The van der Waals surface area contributed by atoms with Gasteiger partial charge in [-0.25, -0.2) is 4.39 Å². The number of halogens is 1. The molecule has 1 aliphatic rings. The summed E-state index contributed by atoms with van der Waals surface area (Å²) in [5.74, 6) is -1.68. The molecule has 2 rings (SSSR count). The van der Waals surface area contributed by atoms with Crippen molar-refractivity contribution in [3.05, 3.63) is 29.6 Å². The van der Waals surface area contributed by atoms with Crippen molar-refractivity contribution in [1.29, 1.82) is 0 Å². The number of hydrogen-bond donors (Lipinski definition) is 2. The summed E-state index contributed by atoms with van der Waals surface area (Å²) >= 11 is 0. The fourth-order valence-electron chi connectivity index (χ4n) is 2.02. The van der Waals surface area contributed by atoms with E-state index < -0.39 is 17.8 Å². The number of phenolic OH excluding ortho intramolecular Hbond substituents is 1. The summed E-state index contributed by atoms with van der Waals surface area (Å²) in [6, 6.07) is 3.75. The maximum Gasteiger partial charge on any atom is 0.260 e. The Morgan fingerprint density at radius 2 is 2.24 bits per heavy atom. The molecule has 1 atom stereocenters. The standard InChI is InChI=1S/C12H14FNO3/c13-9-4-1-5-10(16)11(9)12(17)14-6-2-3-8(15)7-14/h1,4-5,8,15-16H,2-3,6-7H2/t8-/m0/s1. The van der Waals surface area contributed by atoms with E-state index in [-0.39, 0.29) is 17.9 Å². The predicted molar refractivity (Wildman–Crippen MR) is 59.2 cm³/mol. The second-order valence-electron chi connectivity index (χ2n) is 4.18. The minimum atomic E-state index is -0.741. The normalized spacial score (nSPS) is 20.4. The molecule has 1 aromatic carbocycles. The molecule has 1 aromatic rings. The number of nitrogens with zero attached hydrogens (tertiary/aromatic N) is 1. The van der Waals surface area contributed by atoms with Gasteiger partial charge >= 0.3 is 0 Å². The van der Waals surface area contributed by atoms with Gasteiger partial charge in [0.1, 0.15) is 17.1 Å². The summed E-state index contributed by atoms with van der Waals surface area (Å²) in [6.45, 7) is 0.663. The first kappa shape index (κ1) is 11.9. The molecular formula is C12H14FNO3. The number of piperidine rings is 1. The zero-order valence-corrected chi connectivity index (χ0v) is 9.27. The number of aromatic hydroxyl groups is 1. The van der Waals surface area contributed by atoms with E-state index in [0.29, 0.717) is 19.4 Å². The molecule has 0 bridgehead atoms. The van der Waals surface area contributed by atoms with Crippen LogP contribution in [0.1, 0.15) is 23.2 Å². The second-order valence-corrected chi connectivity index (χ2v) is 4.18. The number of carbonyl (C=O) groups excluding carboxylic acids is 1. The smallest absolute Gasteiger partial charge is 0.260 e. The van der Waals surface area contributed by atoms with Gasteiger partial charge in [0.25, 0.3) is 5.91 Å². The molecule has 1 aliphatic heterocycles. The third kappa shape index (κ3) is 2.39. The van der Waals surface area contributed by atoms with Crippen molar-refractivity contribution in [3.63, 3.8) is 0 Å². The predicted octanol–water partition coefficient (Wildman–Crippen LogP) is 1.13. The number of amides is 1. The zero-order valence-electron chi connectivity index (χ0n) is 9.27. The summed E-state index contributed by atoms with van der Waals surface area (Å²) in [7, 11) is 0. The minimum absolute atomic E-state index is 0.187. The molecule has 17 heavy (non-hydrogen) atoms. The van der Waals surface area contributed by atoms with Crippen LogP contribution in [0.4, 0.5) is 4.39 Å². The van der Waals surface area contributed by atoms with Crippen LogP contribution in [0.2, 0.25) is 0 Å². The summed E-state index contributed by atoms with van der Waals surface area (Å²) < 4.78 is 13.5. The molecule has 1 saturated heterocycles. The number of aliphatic hydroxyl groups excluding tert-OH is 1. The molecule has 0 radical (unpaired) electrons. The largest absolute Gasteiger partial charge is 0.507 e. The van der Waals surface area contributed by atoms with E-state index in [1.54, 1.807) is 0 Å². The quantitative estimate of drug-likeness (QED) is 0.772. The van der Waals surface area contributed by atoms with Gasteiger partial charge in [0, 0.05) is 13.1 Å². The van der Waals surface area contributed by atoms with Crippen LogP contribution >= 0.6 is 0 Å². The molecule has 5 heteroatoms. The van der Waals surface area contributed by atoms with Crippen LogP contribution in [0.5, 0.6) is 5.75 Å². The van der Waals surface area contributed by atoms with Gasteiger partial charge in [-0.3, -0.25) is 4.79 Å². The SMILES string of the molecule is O=C(c1c(O)cccc1F)N1CCC[C@H](O)C1. The lowest BCUT2D eigenvalue weighted by Gasteiger charge is -2.30. The van der Waals surface area contributed by atoms with Gasteiger partial charge in [0.05, 0.1) is 6.10 Å². The van der Waals surface area contributed by atoms with Crippen molar-refractivity contribution in [2.24, 2.45) is 0 Å². The molecule has 0 aliphatic carbocycles. The van der Waals surface area contributed by atoms with Gasteiger partial charge < -0.3 is 15.1 Å². The number of hydrogen-bond acceptors (Lipinski definition) is 3. The van der Waals surface area contributed by atoms with Gasteiger partial charge in [0.2, 0.25) is 0 Å². The number of carbonyl (C=O) groups is 1. The first-order valence-corrected chi connectivity index (χ1v) is 5.54. The molecule has 1 amide bonds. The average Bonchev–Trinajstić information content (AvgIpc) is 2.28. The monoisotopic (exact) mass is 239 g/mol. The molecule has 0 spiro atoms. The molecule has 0 unspecified atom stereocenters. The van der Waals surface area contributed by atoms with Crippen molar-refractivity contribution < 1.29 is 19.4 Å². The van der Waals surface area contributed by atoms with Crippen molar-refractivity contribution in [1.82, 2.24) is 4.90 Å². The Hall–Kier alpha value is -1.62. The molecule has 4 nitrogen and oxygen atoms in total. The van der Waals surface area contributed by atoms with Crippen molar-refractivity contribution in [3.8, 4) is 5.75 Å². The lowest BCUT2D eigenvalue weighted by molar-refractivity contribution is 0.0467. The zero-order chi connectivity index (χ0) is 12.4. The number of rotatable bonds is 1. The third-order valence-electron chi connectivity index (χ3n) is 2.89. The maximum absolute atomic E-state index is 13.5. The van der Waals surface area contributed by atoms with Crippen molar-refractivity contribution >= 4 is 5.91 Å². The fourth-order valence-corrected chi connectivity index (χ4v) is 2.02. The van der Waals surface area contributed by atoms with Crippen LogP contribution < -0.4 is 0 Å². The molecular weight excluding hydrogens is 225 g/mol. The topological polar surface area (TPSA) is 60.8 Å². The highest BCUT2D eigenvalue weighted by Gasteiger charge is 2.26. The highest BCUT2D eigenvalue weighted by molar-refractivity contribution is 5.97. The Morgan fingerprint density at radius 3 is 2.88 bits per heavy atom. The fraction of sp³-hybridized carbons (Fsp3) is 0.417. The Morgan fingerprint density at radius 1 is 1.47 bits per heavy atom. The van der Waals surface area contributed by atoms with Crippen LogP contribution in [-0.4, -0.2) is 40.2 Å². The lowest BCUT2D eigenvalue weighted by Crippen LogP contribution is -2.42. The first-order chi connectivity index (χ1) is 8.09. The number of phenols is 1.